The van der Waals surface area contributed by atoms with Gasteiger partial charge in [0.25, 0.3) is 0 Å². The summed E-state index contributed by atoms with van der Waals surface area (Å²) in [5, 5.41) is 8.84. The van der Waals surface area contributed by atoms with Crippen LogP contribution in [0.25, 0.3) is 0 Å². The van der Waals surface area contributed by atoms with Crippen molar-refractivity contribution in [2.75, 3.05) is 23.4 Å². The lowest BCUT2D eigenvalue weighted by atomic mass is 10.2. The SMILES string of the molecule is CCN(CC(C)C#N)c1ncnc(NN)c1Br. The molecule has 0 aromatic carbocycles. The maximum Gasteiger partial charge on any atom is 0.159 e. The Morgan fingerprint density at radius 1 is 1.65 bits per heavy atom. The number of hydrazine groups is 1. The van der Waals surface area contributed by atoms with Gasteiger partial charge in [-0.15, -0.1) is 0 Å². The van der Waals surface area contributed by atoms with Gasteiger partial charge in [0.1, 0.15) is 16.6 Å². The molecule has 0 saturated heterocycles. The van der Waals surface area contributed by atoms with Gasteiger partial charge < -0.3 is 10.3 Å². The number of nitrogens with one attached hydrogen (secondary N) is 1. The van der Waals surface area contributed by atoms with Crippen molar-refractivity contribution in [3.63, 3.8) is 0 Å². The van der Waals surface area contributed by atoms with Crippen molar-refractivity contribution in [3.05, 3.63) is 10.8 Å². The van der Waals surface area contributed by atoms with Crippen LogP contribution in [0, 0.1) is 17.2 Å². The Hall–Kier alpha value is -1.39. The fourth-order valence-electron chi connectivity index (χ4n) is 1.42. The molecule has 7 heteroatoms. The van der Waals surface area contributed by atoms with Crippen molar-refractivity contribution in [1.82, 2.24) is 9.97 Å². The highest BCUT2D eigenvalue weighted by molar-refractivity contribution is 9.10. The summed E-state index contributed by atoms with van der Waals surface area (Å²) in [4.78, 5) is 10.2. The van der Waals surface area contributed by atoms with E-state index >= 15 is 0 Å². The van der Waals surface area contributed by atoms with Crippen LogP contribution in [0.2, 0.25) is 0 Å². The zero-order chi connectivity index (χ0) is 12.8. The highest BCUT2D eigenvalue weighted by Gasteiger charge is 2.15. The van der Waals surface area contributed by atoms with E-state index in [1.807, 2.05) is 18.7 Å². The molecule has 0 saturated carbocycles. The third kappa shape index (κ3) is 3.28. The van der Waals surface area contributed by atoms with Crippen LogP contribution in [0.3, 0.4) is 0 Å². The lowest BCUT2D eigenvalue weighted by Gasteiger charge is -2.24. The number of anilines is 2. The normalized spacial score (nSPS) is 11.7. The Balaban J connectivity index is 3.00. The highest BCUT2D eigenvalue weighted by Crippen LogP contribution is 2.29. The molecule has 17 heavy (non-hydrogen) atoms. The molecule has 1 aromatic rings. The van der Waals surface area contributed by atoms with Gasteiger partial charge in [-0.2, -0.15) is 5.26 Å². The van der Waals surface area contributed by atoms with E-state index in [2.05, 4.69) is 37.4 Å². The minimum absolute atomic E-state index is 0.0638. The average molecular weight is 299 g/mol. The quantitative estimate of drug-likeness (QED) is 0.632. The first kappa shape index (κ1) is 13.7. The number of halogens is 1. The van der Waals surface area contributed by atoms with Gasteiger partial charge in [0, 0.05) is 13.1 Å². The van der Waals surface area contributed by atoms with Crippen LogP contribution in [-0.2, 0) is 0 Å². The second-order valence-corrected chi connectivity index (χ2v) is 4.37. The molecular weight excluding hydrogens is 284 g/mol. The van der Waals surface area contributed by atoms with E-state index in [0.29, 0.717) is 16.8 Å². The lowest BCUT2D eigenvalue weighted by molar-refractivity contribution is 0.677. The molecule has 0 spiro atoms. The van der Waals surface area contributed by atoms with E-state index in [9.17, 15) is 0 Å². The highest BCUT2D eigenvalue weighted by atomic mass is 79.9. The predicted molar refractivity (Wildman–Crippen MR) is 70.2 cm³/mol. The van der Waals surface area contributed by atoms with Crippen molar-refractivity contribution < 1.29 is 0 Å². The first-order valence-corrected chi connectivity index (χ1v) is 6.05. The molecule has 0 bridgehead atoms. The van der Waals surface area contributed by atoms with Crippen LogP contribution in [0.1, 0.15) is 13.8 Å². The van der Waals surface area contributed by atoms with Gasteiger partial charge >= 0.3 is 0 Å². The van der Waals surface area contributed by atoms with Crippen molar-refractivity contribution in [2.24, 2.45) is 11.8 Å². The Bertz CT molecular complexity index is 416. The number of nitriles is 1. The summed E-state index contributed by atoms with van der Waals surface area (Å²) in [5.41, 5.74) is 2.49. The summed E-state index contributed by atoms with van der Waals surface area (Å²) in [7, 11) is 0. The average Bonchev–Trinajstić information content (AvgIpc) is 2.36. The monoisotopic (exact) mass is 298 g/mol. The summed E-state index contributed by atoms with van der Waals surface area (Å²) < 4.78 is 0.703. The summed E-state index contributed by atoms with van der Waals surface area (Å²) in [6.45, 7) is 5.26. The summed E-state index contributed by atoms with van der Waals surface area (Å²) in [6, 6.07) is 2.21. The summed E-state index contributed by atoms with van der Waals surface area (Å²) in [5.74, 6) is 6.54. The van der Waals surface area contributed by atoms with Crippen LogP contribution in [0.15, 0.2) is 10.8 Å². The van der Waals surface area contributed by atoms with E-state index in [4.69, 9.17) is 11.1 Å². The van der Waals surface area contributed by atoms with Crippen LogP contribution < -0.4 is 16.2 Å². The number of hydrogen-bond acceptors (Lipinski definition) is 6. The first-order chi connectivity index (χ1) is 8.13. The van der Waals surface area contributed by atoms with Crippen molar-refractivity contribution in [1.29, 1.82) is 5.26 Å². The molecule has 1 rings (SSSR count). The smallest absolute Gasteiger partial charge is 0.159 e. The molecular formula is C10H15BrN6. The van der Waals surface area contributed by atoms with Gasteiger partial charge in [0.15, 0.2) is 5.82 Å². The van der Waals surface area contributed by atoms with Crippen molar-refractivity contribution in [3.8, 4) is 6.07 Å². The minimum Gasteiger partial charge on any atom is -0.354 e. The molecule has 6 nitrogen and oxygen atoms in total. The Kier molecular flexibility index (Phi) is 5.12. The second-order valence-electron chi connectivity index (χ2n) is 3.57. The first-order valence-electron chi connectivity index (χ1n) is 5.25. The van der Waals surface area contributed by atoms with E-state index in [-0.39, 0.29) is 5.92 Å². The van der Waals surface area contributed by atoms with E-state index < -0.39 is 0 Å². The molecule has 0 fully saturated rings. The Labute approximate surface area is 109 Å². The van der Waals surface area contributed by atoms with Crippen molar-refractivity contribution >= 4 is 27.6 Å². The lowest BCUT2D eigenvalue weighted by Crippen LogP contribution is -2.29. The molecule has 0 aliphatic rings. The van der Waals surface area contributed by atoms with Crippen LogP contribution >= 0.6 is 15.9 Å². The minimum atomic E-state index is -0.0638. The van der Waals surface area contributed by atoms with Gasteiger partial charge in [0.2, 0.25) is 0 Å². The molecule has 1 heterocycles. The van der Waals surface area contributed by atoms with E-state index in [1.54, 1.807) is 0 Å². The zero-order valence-corrected chi connectivity index (χ0v) is 11.4. The third-order valence-electron chi connectivity index (χ3n) is 2.30. The van der Waals surface area contributed by atoms with Crippen LogP contribution in [0.5, 0.6) is 0 Å². The molecule has 3 N–H and O–H groups in total. The van der Waals surface area contributed by atoms with Gasteiger partial charge in [-0.05, 0) is 29.8 Å². The third-order valence-corrected chi connectivity index (χ3v) is 3.03. The van der Waals surface area contributed by atoms with Crippen LogP contribution in [-0.4, -0.2) is 23.1 Å². The number of hydrogen-bond donors (Lipinski definition) is 2. The molecule has 0 amide bonds. The van der Waals surface area contributed by atoms with Gasteiger partial charge in [-0.1, -0.05) is 0 Å². The number of nitrogens with two attached hydrogens (primary N) is 1. The molecule has 1 aromatic heterocycles. The van der Waals surface area contributed by atoms with E-state index in [0.717, 1.165) is 12.4 Å². The summed E-state index contributed by atoms with van der Waals surface area (Å²) in [6.07, 6.45) is 1.44. The molecule has 0 aliphatic heterocycles. The molecule has 92 valence electrons. The Morgan fingerprint density at radius 2 is 2.35 bits per heavy atom. The second kappa shape index (κ2) is 6.37. The molecule has 0 radical (unpaired) electrons. The summed E-state index contributed by atoms with van der Waals surface area (Å²) >= 11 is 3.40. The number of nitrogens with zero attached hydrogens (tertiary/aromatic N) is 4. The largest absolute Gasteiger partial charge is 0.354 e. The molecule has 1 unspecified atom stereocenters. The molecule has 0 aliphatic carbocycles. The predicted octanol–water partition coefficient (Wildman–Crippen LogP) is 1.51. The fourth-order valence-corrected chi connectivity index (χ4v) is 1.99. The fraction of sp³-hybridized carbons (Fsp3) is 0.500. The van der Waals surface area contributed by atoms with Gasteiger partial charge in [0.05, 0.1) is 12.0 Å². The zero-order valence-electron chi connectivity index (χ0n) is 9.81. The number of rotatable bonds is 5. The Morgan fingerprint density at radius 3 is 2.88 bits per heavy atom. The standard InChI is InChI=1S/C10H15BrN6/c1-3-17(5-7(2)4-12)10-8(11)9(16-13)14-6-15-10/h6-7H,3,5,13H2,1-2H3,(H,14,15,16). The maximum atomic E-state index is 8.84. The number of aromatic nitrogens is 2. The number of nitrogen functional groups attached to an aromatic ring is 1. The molecule has 1 atom stereocenters. The van der Waals surface area contributed by atoms with E-state index in [1.165, 1.54) is 6.33 Å². The van der Waals surface area contributed by atoms with Gasteiger partial charge in [-0.25, -0.2) is 15.8 Å². The van der Waals surface area contributed by atoms with Crippen LogP contribution in [0.4, 0.5) is 11.6 Å². The maximum absolute atomic E-state index is 8.84. The topological polar surface area (TPSA) is 90.9 Å². The van der Waals surface area contributed by atoms with Gasteiger partial charge in [-0.3, -0.25) is 0 Å². The van der Waals surface area contributed by atoms with Crippen molar-refractivity contribution in [2.45, 2.75) is 13.8 Å².